The van der Waals surface area contributed by atoms with E-state index in [0.29, 0.717) is 0 Å². The summed E-state index contributed by atoms with van der Waals surface area (Å²) >= 11 is 0. The molecule has 0 aliphatic heterocycles. The van der Waals surface area contributed by atoms with Gasteiger partial charge in [-0.3, -0.25) is 9.98 Å². The molecule has 1 aliphatic carbocycles. The highest BCUT2D eigenvalue weighted by atomic mass is 16.3. The van der Waals surface area contributed by atoms with Crippen LogP contribution >= 0.6 is 0 Å². The SMILES string of the molecule is CC(=N[C@@H]1CCCC[C@H]1N=C(C)c1ccc2ccccc2c1O)c1ccc2ccccc2c1O. The fraction of sp³-hybridized carbons (Fsp3) is 0.267. The maximum absolute atomic E-state index is 10.9. The molecule has 0 spiro atoms. The van der Waals surface area contributed by atoms with Crippen molar-refractivity contribution in [1.82, 2.24) is 0 Å². The van der Waals surface area contributed by atoms with Crippen LogP contribution in [0.2, 0.25) is 0 Å². The van der Waals surface area contributed by atoms with E-state index >= 15 is 0 Å². The van der Waals surface area contributed by atoms with Gasteiger partial charge in [0.05, 0.1) is 12.1 Å². The number of aromatic hydroxyl groups is 2. The van der Waals surface area contributed by atoms with Crippen molar-refractivity contribution in [2.45, 2.75) is 51.6 Å². The molecule has 1 saturated carbocycles. The van der Waals surface area contributed by atoms with Gasteiger partial charge in [0.25, 0.3) is 0 Å². The van der Waals surface area contributed by atoms with E-state index in [0.717, 1.165) is 69.8 Å². The van der Waals surface area contributed by atoms with Gasteiger partial charge in [0.1, 0.15) is 11.5 Å². The maximum atomic E-state index is 10.9. The third kappa shape index (κ3) is 4.16. The third-order valence-electron chi connectivity index (χ3n) is 6.99. The van der Waals surface area contributed by atoms with Crippen molar-refractivity contribution in [3.05, 3.63) is 83.9 Å². The van der Waals surface area contributed by atoms with Gasteiger partial charge in [-0.1, -0.05) is 73.5 Å². The summed E-state index contributed by atoms with van der Waals surface area (Å²) in [6, 6.07) is 23.8. The summed E-state index contributed by atoms with van der Waals surface area (Å²) in [7, 11) is 0. The minimum absolute atomic E-state index is 0.0529. The van der Waals surface area contributed by atoms with Crippen LogP contribution in [0.4, 0.5) is 0 Å². The monoisotopic (exact) mass is 450 g/mol. The zero-order valence-corrected chi connectivity index (χ0v) is 19.7. The van der Waals surface area contributed by atoms with E-state index in [2.05, 4.69) is 0 Å². The Morgan fingerprint density at radius 2 is 1.03 bits per heavy atom. The molecule has 34 heavy (non-hydrogen) atoms. The first-order valence-corrected chi connectivity index (χ1v) is 12.0. The second kappa shape index (κ2) is 9.30. The van der Waals surface area contributed by atoms with E-state index in [1.807, 2.05) is 86.6 Å². The molecule has 1 fully saturated rings. The molecule has 0 radical (unpaired) electrons. The zero-order valence-electron chi connectivity index (χ0n) is 19.7. The molecule has 4 aromatic rings. The molecular weight excluding hydrogens is 420 g/mol. The lowest BCUT2D eigenvalue weighted by Crippen LogP contribution is -2.29. The predicted molar refractivity (Wildman–Crippen MR) is 142 cm³/mol. The summed E-state index contributed by atoms with van der Waals surface area (Å²) in [6.07, 6.45) is 4.18. The lowest BCUT2D eigenvalue weighted by Gasteiger charge is -2.27. The number of hydrogen-bond acceptors (Lipinski definition) is 4. The van der Waals surface area contributed by atoms with Crippen LogP contribution in [0.1, 0.15) is 50.7 Å². The van der Waals surface area contributed by atoms with Crippen LogP contribution < -0.4 is 0 Å². The topological polar surface area (TPSA) is 65.2 Å². The summed E-state index contributed by atoms with van der Waals surface area (Å²) in [5.41, 5.74) is 3.22. The predicted octanol–water partition coefficient (Wildman–Crippen LogP) is 7.03. The Balaban J connectivity index is 1.47. The lowest BCUT2D eigenvalue weighted by molar-refractivity contribution is 0.388. The summed E-state index contributed by atoms with van der Waals surface area (Å²) in [6.45, 7) is 3.95. The van der Waals surface area contributed by atoms with Crippen molar-refractivity contribution < 1.29 is 10.2 Å². The van der Waals surface area contributed by atoms with Crippen LogP contribution in [0.3, 0.4) is 0 Å². The summed E-state index contributed by atoms with van der Waals surface area (Å²) in [5.74, 6) is 0.569. The number of hydrogen-bond donors (Lipinski definition) is 2. The molecule has 172 valence electrons. The van der Waals surface area contributed by atoms with E-state index in [4.69, 9.17) is 9.98 Å². The fourth-order valence-corrected chi connectivity index (χ4v) is 5.12. The summed E-state index contributed by atoms with van der Waals surface area (Å²) in [4.78, 5) is 10.1. The molecule has 4 heteroatoms. The van der Waals surface area contributed by atoms with Crippen molar-refractivity contribution in [2.24, 2.45) is 9.98 Å². The number of rotatable bonds is 4. The van der Waals surface area contributed by atoms with Crippen LogP contribution in [0, 0.1) is 0 Å². The van der Waals surface area contributed by atoms with Gasteiger partial charge < -0.3 is 10.2 Å². The minimum atomic E-state index is 0.0529. The van der Waals surface area contributed by atoms with E-state index < -0.39 is 0 Å². The first-order chi connectivity index (χ1) is 16.5. The Morgan fingerprint density at radius 1 is 0.618 bits per heavy atom. The normalized spacial score (nSPS) is 19.6. The maximum Gasteiger partial charge on any atom is 0.132 e. The highest BCUT2D eigenvalue weighted by molar-refractivity contribution is 6.07. The number of nitrogens with zero attached hydrogens (tertiary/aromatic N) is 2. The van der Waals surface area contributed by atoms with E-state index in [1.165, 1.54) is 0 Å². The average Bonchev–Trinajstić information content (AvgIpc) is 2.86. The van der Waals surface area contributed by atoms with Crippen LogP contribution in [0.15, 0.2) is 82.8 Å². The second-order valence-corrected chi connectivity index (χ2v) is 9.21. The third-order valence-corrected chi connectivity index (χ3v) is 6.99. The van der Waals surface area contributed by atoms with Gasteiger partial charge in [-0.05, 0) is 49.6 Å². The standard InChI is InChI=1S/C30H30N2O2/c1-19(23-17-15-21-9-3-5-11-25(21)29(23)33)31-27-13-7-8-14-28(27)32-20(2)24-18-16-22-10-4-6-12-26(22)30(24)34/h3-6,9-12,15-18,27-28,33-34H,7-8,13-14H2,1-2H3/t27-,28-/m1/s1. The van der Waals surface area contributed by atoms with Crippen molar-refractivity contribution in [3.8, 4) is 11.5 Å². The molecule has 0 bridgehead atoms. The van der Waals surface area contributed by atoms with Gasteiger partial charge in [0, 0.05) is 33.3 Å². The Labute approximate surface area is 200 Å². The number of aliphatic imine (C=N–C) groups is 2. The van der Waals surface area contributed by atoms with Gasteiger partial charge in [0.15, 0.2) is 0 Å². The summed E-state index contributed by atoms with van der Waals surface area (Å²) in [5, 5.41) is 25.5. The summed E-state index contributed by atoms with van der Waals surface area (Å²) < 4.78 is 0. The van der Waals surface area contributed by atoms with Crippen molar-refractivity contribution in [2.75, 3.05) is 0 Å². The van der Waals surface area contributed by atoms with Gasteiger partial charge in [-0.25, -0.2) is 0 Å². The van der Waals surface area contributed by atoms with Gasteiger partial charge >= 0.3 is 0 Å². The van der Waals surface area contributed by atoms with Gasteiger partial charge in [-0.2, -0.15) is 0 Å². The van der Waals surface area contributed by atoms with Crippen LogP contribution in [0.5, 0.6) is 11.5 Å². The molecule has 4 nitrogen and oxygen atoms in total. The molecule has 0 unspecified atom stereocenters. The Bertz CT molecular complexity index is 1310. The molecule has 0 heterocycles. The van der Waals surface area contributed by atoms with E-state index in [1.54, 1.807) is 0 Å². The molecular formula is C30H30N2O2. The smallest absolute Gasteiger partial charge is 0.132 e. The largest absolute Gasteiger partial charge is 0.507 e. The molecule has 0 amide bonds. The molecule has 0 aromatic heterocycles. The highest BCUT2D eigenvalue weighted by Crippen LogP contribution is 2.32. The van der Waals surface area contributed by atoms with Crippen molar-refractivity contribution in [1.29, 1.82) is 0 Å². The Morgan fingerprint density at radius 3 is 1.47 bits per heavy atom. The Hall–Kier alpha value is -3.66. The minimum Gasteiger partial charge on any atom is -0.507 e. The number of benzene rings is 4. The first-order valence-electron chi connectivity index (χ1n) is 12.0. The van der Waals surface area contributed by atoms with E-state index in [-0.39, 0.29) is 23.6 Å². The molecule has 2 N–H and O–H groups in total. The van der Waals surface area contributed by atoms with Gasteiger partial charge in [0.2, 0.25) is 0 Å². The van der Waals surface area contributed by atoms with Crippen LogP contribution in [0.25, 0.3) is 21.5 Å². The zero-order chi connectivity index (χ0) is 23.7. The lowest BCUT2D eigenvalue weighted by atomic mass is 9.90. The Kier molecular flexibility index (Phi) is 6.06. The van der Waals surface area contributed by atoms with E-state index in [9.17, 15) is 10.2 Å². The molecule has 4 aromatic carbocycles. The van der Waals surface area contributed by atoms with Gasteiger partial charge in [-0.15, -0.1) is 0 Å². The van der Waals surface area contributed by atoms with Crippen molar-refractivity contribution in [3.63, 3.8) is 0 Å². The number of phenolic OH excluding ortho intramolecular Hbond substituents is 2. The quantitative estimate of drug-likeness (QED) is 0.328. The average molecular weight is 451 g/mol. The van der Waals surface area contributed by atoms with Crippen LogP contribution in [-0.4, -0.2) is 33.7 Å². The highest BCUT2D eigenvalue weighted by Gasteiger charge is 2.25. The van der Waals surface area contributed by atoms with Crippen molar-refractivity contribution >= 4 is 33.0 Å². The fourth-order valence-electron chi connectivity index (χ4n) is 5.12. The molecule has 2 atom stereocenters. The second-order valence-electron chi connectivity index (χ2n) is 9.21. The first kappa shape index (κ1) is 22.1. The molecule has 1 aliphatic rings. The molecule has 5 rings (SSSR count). The number of fused-ring (bicyclic) bond motifs is 2. The number of phenols is 2. The van der Waals surface area contributed by atoms with Crippen LogP contribution in [-0.2, 0) is 0 Å². The molecule has 0 saturated heterocycles.